The van der Waals surface area contributed by atoms with Crippen LogP contribution in [0.25, 0.3) is 0 Å². The topological polar surface area (TPSA) is 60.4 Å². The molecule has 2 rings (SSSR count). The third-order valence-corrected chi connectivity index (χ3v) is 3.27. The van der Waals surface area contributed by atoms with E-state index in [0.29, 0.717) is 0 Å². The highest BCUT2D eigenvalue weighted by molar-refractivity contribution is 5.39. The summed E-state index contributed by atoms with van der Waals surface area (Å²) in [4.78, 5) is 0. The van der Waals surface area contributed by atoms with E-state index in [1.54, 1.807) is 7.11 Å². The molecule has 2 aromatic rings. The zero-order chi connectivity index (χ0) is 13.8. The summed E-state index contributed by atoms with van der Waals surface area (Å²) >= 11 is 0. The molecule has 0 aliphatic carbocycles. The Labute approximate surface area is 113 Å². The van der Waals surface area contributed by atoms with Crippen molar-refractivity contribution in [2.45, 2.75) is 26.3 Å². The van der Waals surface area contributed by atoms with E-state index in [1.165, 1.54) is 0 Å². The Kier molecular flexibility index (Phi) is 4.24. The number of nitrogens with two attached hydrogens (primary N) is 1. The molecule has 19 heavy (non-hydrogen) atoms. The fourth-order valence-corrected chi connectivity index (χ4v) is 2.16. The molecule has 0 amide bonds. The Bertz CT molecular complexity index is 549. The van der Waals surface area contributed by atoms with Gasteiger partial charge in [0.05, 0.1) is 7.11 Å². The normalized spacial score (nSPS) is 12.4. The summed E-state index contributed by atoms with van der Waals surface area (Å²) in [5.74, 6) is 8.31. The van der Waals surface area contributed by atoms with Gasteiger partial charge < -0.3 is 9.15 Å². The van der Waals surface area contributed by atoms with Gasteiger partial charge in [-0.1, -0.05) is 13.0 Å². The molecule has 1 aromatic carbocycles. The van der Waals surface area contributed by atoms with Gasteiger partial charge in [0.2, 0.25) is 0 Å². The maximum absolute atomic E-state index is 5.78. The van der Waals surface area contributed by atoms with Gasteiger partial charge in [-0.25, -0.2) is 5.43 Å². The molecular weight excluding hydrogens is 240 g/mol. The molecule has 102 valence electrons. The monoisotopic (exact) mass is 260 g/mol. The van der Waals surface area contributed by atoms with Crippen LogP contribution in [0.4, 0.5) is 0 Å². The van der Waals surface area contributed by atoms with Crippen LogP contribution < -0.4 is 16.0 Å². The highest BCUT2D eigenvalue weighted by atomic mass is 16.5. The number of methoxy groups -OCH3 is 1. The minimum absolute atomic E-state index is 0.147. The molecule has 0 aliphatic heterocycles. The number of benzene rings is 1. The Morgan fingerprint density at radius 3 is 2.63 bits per heavy atom. The van der Waals surface area contributed by atoms with Gasteiger partial charge in [0.1, 0.15) is 23.3 Å². The van der Waals surface area contributed by atoms with E-state index in [2.05, 4.69) is 12.3 Å². The molecule has 0 aliphatic rings. The summed E-state index contributed by atoms with van der Waals surface area (Å²) in [5.41, 5.74) is 5.01. The van der Waals surface area contributed by atoms with Crippen LogP contribution in [0.2, 0.25) is 0 Å². The molecule has 0 spiro atoms. The molecule has 1 heterocycles. The van der Waals surface area contributed by atoms with E-state index in [0.717, 1.165) is 34.8 Å². The van der Waals surface area contributed by atoms with Gasteiger partial charge in [-0.05, 0) is 42.3 Å². The lowest BCUT2D eigenvalue weighted by Crippen LogP contribution is -2.29. The highest BCUT2D eigenvalue weighted by Crippen LogP contribution is 2.28. The molecule has 0 saturated carbocycles. The van der Waals surface area contributed by atoms with Gasteiger partial charge in [0, 0.05) is 6.42 Å². The van der Waals surface area contributed by atoms with Crippen molar-refractivity contribution in [1.29, 1.82) is 0 Å². The van der Waals surface area contributed by atoms with Crippen molar-refractivity contribution in [2.24, 2.45) is 5.84 Å². The molecule has 1 atom stereocenters. The number of rotatable bonds is 5. The molecule has 1 unspecified atom stereocenters. The second kappa shape index (κ2) is 5.91. The first kappa shape index (κ1) is 13.6. The van der Waals surface area contributed by atoms with Crippen molar-refractivity contribution in [1.82, 2.24) is 5.43 Å². The van der Waals surface area contributed by atoms with E-state index in [9.17, 15) is 0 Å². The lowest BCUT2D eigenvalue weighted by atomic mass is 9.99. The van der Waals surface area contributed by atoms with E-state index >= 15 is 0 Å². The summed E-state index contributed by atoms with van der Waals surface area (Å²) in [6.07, 6.45) is 0.874. The molecule has 0 radical (unpaired) electrons. The standard InChI is InChI=1S/C15H20N2O2/c1-4-11-6-8-14(19-11)15(17-16)13-7-5-12(18-3)9-10(13)2/h5-9,15,17H,4,16H2,1-3H3. The zero-order valence-electron chi connectivity index (χ0n) is 11.6. The van der Waals surface area contributed by atoms with Gasteiger partial charge in [-0.3, -0.25) is 5.84 Å². The molecule has 4 heteroatoms. The molecular formula is C15H20N2O2. The third-order valence-electron chi connectivity index (χ3n) is 3.27. The number of ether oxygens (including phenoxy) is 1. The number of hydrogen-bond donors (Lipinski definition) is 2. The third kappa shape index (κ3) is 2.80. The largest absolute Gasteiger partial charge is 0.497 e. The Balaban J connectivity index is 2.36. The van der Waals surface area contributed by atoms with Crippen LogP contribution >= 0.6 is 0 Å². The first-order chi connectivity index (χ1) is 9.19. The van der Waals surface area contributed by atoms with Gasteiger partial charge in [0.15, 0.2) is 0 Å². The van der Waals surface area contributed by atoms with Crippen molar-refractivity contribution in [3.63, 3.8) is 0 Å². The quantitative estimate of drug-likeness (QED) is 0.641. The number of nitrogens with one attached hydrogen (secondary N) is 1. The maximum Gasteiger partial charge on any atom is 0.126 e. The SMILES string of the molecule is CCc1ccc(C(NN)c2ccc(OC)cc2C)o1. The van der Waals surface area contributed by atoms with Crippen molar-refractivity contribution in [3.8, 4) is 5.75 Å². The Morgan fingerprint density at radius 2 is 2.11 bits per heavy atom. The smallest absolute Gasteiger partial charge is 0.126 e. The fourth-order valence-electron chi connectivity index (χ4n) is 2.16. The Morgan fingerprint density at radius 1 is 1.32 bits per heavy atom. The first-order valence-electron chi connectivity index (χ1n) is 6.38. The van der Waals surface area contributed by atoms with Crippen molar-refractivity contribution >= 4 is 0 Å². The average molecular weight is 260 g/mol. The van der Waals surface area contributed by atoms with Crippen LogP contribution in [0.5, 0.6) is 5.75 Å². The minimum Gasteiger partial charge on any atom is -0.497 e. The lowest BCUT2D eigenvalue weighted by molar-refractivity contribution is 0.411. The number of hydrogen-bond acceptors (Lipinski definition) is 4. The summed E-state index contributed by atoms with van der Waals surface area (Å²) in [6.45, 7) is 4.10. The Hall–Kier alpha value is -1.78. The van der Waals surface area contributed by atoms with Crippen LogP contribution in [0, 0.1) is 6.92 Å². The minimum atomic E-state index is -0.147. The molecule has 0 saturated heterocycles. The second-order valence-electron chi connectivity index (χ2n) is 4.48. The number of aryl methyl sites for hydroxylation is 2. The molecule has 3 N–H and O–H groups in total. The van der Waals surface area contributed by atoms with Crippen LogP contribution in [0.15, 0.2) is 34.7 Å². The van der Waals surface area contributed by atoms with E-state index in [1.807, 2.05) is 37.3 Å². The summed E-state index contributed by atoms with van der Waals surface area (Å²) in [5, 5.41) is 0. The van der Waals surface area contributed by atoms with E-state index < -0.39 is 0 Å². The van der Waals surface area contributed by atoms with Gasteiger partial charge in [0.25, 0.3) is 0 Å². The number of furan rings is 1. The second-order valence-corrected chi connectivity index (χ2v) is 4.48. The maximum atomic E-state index is 5.78. The highest BCUT2D eigenvalue weighted by Gasteiger charge is 2.18. The first-order valence-corrected chi connectivity index (χ1v) is 6.38. The lowest BCUT2D eigenvalue weighted by Gasteiger charge is -2.17. The van der Waals surface area contributed by atoms with Crippen LogP contribution in [-0.4, -0.2) is 7.11 Å². The number of hydrazine groups is 1. The van der Waals surface area contributed by atoms with Gasteiger partial charge in [-0.15, -0.1) is 0 Å². The van der Waals surface area contributed by atoms with Gasteiger partial charge in [-0.2, -0.15) is 0 Å². The van der Waals surface area contributed by atoms with Crippen LogP contribution in [0.3, 0.4) is 0 Å². The molecule has 0 bridgehead atoms. The summed E-state index contributed by atoms with van der Waals surface area (Å²) in [7, 11) is 1.66. The van der Waals surface area contributed by atoms with E-state index in [-0.39, 0.29) is 6.04 Å². The predicted molar refractivity (Wildman–Crippen MR) is 75.0 cm³/mol. The van der Waals surface area contributed by atoms with E-state index in [4.69, 9.17) is 15.0 Å². The van der Waals surface area contributed by atoms with Crippen molar-refractivity contribution in [3.05, 3.63) is 53.0 Å². The van der Waals surface area contributed by atoms with Crippen LogP contribution in [-0.2, 0) is 6.42 Å². The molecule has 0 fully saturated rings. The molecule has 4 nitrogen and oxygen atoms in total. The van der Waals surface area contributed by atoms with Crippen LogP contribution in [0.1, 0.15) is 35.6 Å². The van der Waals surface area contributed by atoms with Gasteiger partial charge >= 0.3 is 0 Å². The van der Waals surface area contributed by atoms with Crippen molar-refractivity contribution in [2.75, 3.05) is 7.11 Å². The predicted octanol–water partition coefficient (Wildman–Crippen LogP) is 2.71. The van der Waals surface area contributed by atoms with Crippen molar-refractivity contribution < 1.29 is 9.15 Å². The average Bonchev–Trinajstić information content (AvgIpc) is 2.90. The zero-order valence-corrected chi connectivity index (χ0v) is 11.6. The fraction of sp³-hybridized carbons (Fsp3) is 0.333. The molecule has 1 aromatic heterocycles. The summed E-state index contributed by atoms with van der Waals surface area (Å²) < 4.78 is 11.0. The summed E-state index contributed by atoms with van der Waals surface area (Å²) in [6, 6.07) is 9.73.